The molecule has 1 amide bonds. The Hall–Kier alpha value is -1.99. The Balaban J connectivity index is 1.86. The van der Waals surface area contributed by atoms with E-state index in [1.807, 2.05) is 0 Å². The lowest BCUT2D eigenvalue weighted by molar-refractivity contribution is -0.140. The minimum Gasteiger partial charge on any atom is -0.480 e. The summed E-state index contributed by atoms with van der Waals surface area (Å²) < 4.78 is 5.28. The van der Waals surface area contributed by atoms with Gasteiger partial charge in [-0.3, -0.25) is 9.69 Å². The molecule has 0 saturated carbocycles. The lowest BCUT2D eigenvalue weighted by Crippen LogP contribution is -2.53. The maximum Gasteiger partial charge on any atom is 0.327 e. The number of nitrogens with two attached hydrogens (primary N) is 1. The minimum absolute atomic E-state index is 0.0171. The number of anilines is 1. The van der Waals surface area contributed by atoms with Crippen LogP contribution in [0.25, 0.3) is 0 Å². The lowest BCUT2D eigenvalue weighted by atomic mass is 9.91. The number of hydrogen-bond acceptors (Lipinski definition) is 5. The molecular formula is C15H19N3O4. The zero-order valence-corrected chi connectivity index (χ0v) is 12.1. The fourth-order valence-electron chi connectivity index (χ4n) is 3.15. The number of carboxylic acid groups (broad SMARTS) is 1. The molecule has 7 nitrogen and oxygen atoms in total. The van der Waals surface area contributed by atoms with Crippen molar-refractivity contribution in [2.75, 3.05) is 18.1 Å². The van der Waals surface area contributed by atoms with E-state index in [0.29, 0.717) is 31.9 Å². The zero-order valence-electron chi connectivity index (χ0n) is 12.1. The normalized spacial score (nSPS) is 23.1. The molecule has 0 spiro atoms. The highest BCUT2D eigenvalue weighted by molar-refractivity contribution is 6.03. The first kappa shape index (κ1) is 14.9. The van der Waals surface area contributed by atoms with Crippen molar-refractivity contribution in [1.82, 2.24) is 4.98 Å². The van der Waals surface area contributed by atoms with Crippen molar-refractivity contribution in [2.45, 2.75) is 31.3 Å². The van der Waals surface area contributed by atoms with Crippen molar-refractivity contribution in [1.29, 1.82) is 0 Å². The second-order valence-electron chi connectivity index (χ2n) is 5.73. The maximum atomic E-state index is 12.8. The molecule has 2 atom stereocenters. The van der Waals surface area contributed by atoms with Gasteiger partial charge in [0.25, 0.3) is 0 Å². The Morgan fingerprint density at radius 2 is 2.14 bits per heavy atom. The number of amides is 1. The summed E-state index contributed by atoms with van der Waals surface area (Å²) in [7, 11) is 0. The second kappa shape index (κ2) is 6.02. The van der Waals surface area contributed by atoms with Crippen LogP contribution in [0.1, 0.15) is 18.4 Å². The summed E-state index contributed by atoms with van der Waals surface area (Å²) in [6.45, 7) is 1.17. The molecule has 2 aliphatic heterocycles. The molecule has 0 aromatic carbocycles. The minimum atomic E-state index is -1.04. The van der Waals surface area contributed by atoms with Crippen LogP contribution in [0.2, 0.25) is 0 Å². The summed E-state index contributed by atoms with van der Waals surface area (Å²) in [6, 6.07) is 1.89. The smallest absolute Gasteiger partial charge is 0.327 e. The monoisotopic (exact) mass is 305 g/mol. The van der Waals surface area contributed by atoms with Gasteiger partial charge in [0.15, 0.2) is 0 Å². The van der Waals surface area contributed by atoms with Gasteiger partial charge in [-0.15, -0.1) is 0 Å². The Bertz CT molecular complexity index is 586. The number of ether oxygens (including phenoxy) is 1. The van der Waals surface area contributed by atoms with E-state index in [1.165, 1.54) is 4.90 Å². The third kappa shape index (κ3) is 2.57. The van der Waals surface area contributed by atoms with E-state index in [1.54, 1.807) is 18.3 Å². The molecule has 2 aliphatic rings. The molecule has 118 valence electrons. The van der Waals surface area contributed by atoms with Gasteiger partial charge in [0.1, 0.15) is 11.9 Å². The summed E-state index contributed by atoms with van der Waals surface area (Å²) in [5.74, 6) is -0.965. The molecule has 1 saturated heterocycles. The van der Waals surface area contributed by atoms with Gasteiger partial charge in [0.2, 0.25) is 5.91 Å². The van der Waals surface area contributed by atoms with Crippen molar-refractivity contribution in [2.24, 2.45) is 11.7 Å². The van der Waals surface area contributed by atoms with Crippen LogP contribution in [0.5, 0.6) is 0 Å². The number of fused-ring (bicyclic) bond motifs is 1. The van der Waals surface area contributed by atoms with Crippen molar-refractivity contribution in [3.63, 3.8) is 0 Å². The standard InChI is InChI=1S/C15H19N3O4/c16-12(9-3-6-22-7-4-9)14(19)18-11(15(20)21)8-10-2-1-5-17-13(10)18/h1-2,5,9,11-12H,3-4,6-8,16H2,(H,20,21). The van der Waals surface area contributed by atoms with Gasteiger partial charge in [0.05, 0.1) is 6.04 Å². The summed E-state index contributed by atoms with van der Waals surface area (Å²) >= 11 is 0. The fourth-order valence-corrected chi connectivity index (χ4v) is 3.15. The topological polar surface area (TPSA) is 106 Å². The Morgan fingerprint density at radius 3 is 2.82 bits per heavy atom. The molecule has 22 heavy (non-hydrogen) atoms. The molecule has 2 unspecified atom stereocenters. The number of carboxylic acids is 1. The predicted molar refractivity (Wildman–Crippen MR) is 78.4 cm³/mol. The van der Waals surface area contributed by atoms with E-state index in [4.69, 9.17) is 10.5 Å². The second-order valence-corrected chi connectivity index (χ2v) is 5.73. The number of carbonyl (C=O) groups is 2. The molecule has 0 radical (unpaired) electrons. The van der Waals surface area contributed by atoms with Gasteiger partial charge in [-0.1, -0.05) is 6.07 Å². The zero-order chi connectivity index (χ0) is 15.7. The van der Waals surface area contributed by atoms with E-state index < -0.39 is 18.1 Å². The summed E-state index contributed by atoms with van der Waals surface area (Å²) in [5.41, 5.74) is 6.89. The van der Waals surface area contributed by atoms with E-state index in [9.17, 15) is 14.7 Å². The van der Waals surface area contributed by atoms with Gasteiger partial charge in [-0.25, -0.2) is 9.78 Å². The van der Waals surface area contributed by atoms with E-state index in [-0.39, 0.29) is 18.2 Å². The Morgan fingerprint density at radius 1 is 1.41 bits per heavy atom. The van der Waals surface area contributed by atoms with Gasteiger partial charge in [-0.2, -0.15) is 0 Å². The highest BCUT2D eigenvalue weighted by atomic mass is 16.5. The molecule has 1 aromatic rings. The number of nitrogens with zero attached hydrogens (tertiary/aromatic N) is 2. The van der Waals surface area contributed by atoms with E-state index >= 15 is 0 Å². The van der Waals surface area contributed by atoms with Crippen LogP contribution in [-0.4, -0.2) is 47.3 Å². The molecule has 7 heteroatoms. The van der Waals surface area contributed by atoms with Gasteiger partial charge in [-0.05, 0) is 30.4 Å². The van der Waals surface area contributed by atoms with Gasteiger partial charge in [0, 0.05) is 25.8 Å². The van der Waals surface area contributed by atoms with Crippen LogP contribution in [0.3, 0.4) is 0 Å². The quantitative estimate of drug-likeness (QED) is 0.825. The summed E-state index contributed by atoms with van der Waals surface area (Å²) in [5, 5.41) is 9.41. The molecular weight excluding hydrogens is 286 g/mol. The third-order valence-electron chi connectivity index (χ3n) is 4.40. The van der Waals surface area contributed by atoms with Gasteiger partial charge >= 0.3 is 5.97 Å². The number of carbonyl (C=O) groups excluding carboxylic acids is 1. The predicted octanol–water partition coefficient (Wildman–Crippen LogP) is 0.178. The molecule has 3 N–H and O–H groups in total. The third-order valence-corrected chi connectivity index (χ3v) is 4.40. The van der Waals surface area contributed by atoms with Crippen LogP contribution >= 0.6 is 0 Å². The average molecular weight is 305 g/mol. The Labute approximate surface area is 128 Å². The number of hydrogen-bond donors (Lipinski definition) is 2. The van der Waals surface area contributed by atoms with Crippen LogP contribution in [0.4, 0.5) is 5.82 Å². The fraction of sp³-hybridized carbons (Fsp3) is 0.533. The lowest BCUT2D eigenvalue weighted by Gasteiger charge is -2.31. The Kier molecular flexibility index (Phi) is 4.08. The first-order valence-electron chi connectivity index (χ1n) is 7.42. The maximum absolute atomic E-state index is 12.8. The molecule has 3 rings (SSSR count). The molecule has 0 aliphatic carbocycles. The average Bonchev–Trinajstić information content (AvgIpc) is 2.94. The van der Waals surface area contributed by atoms with E-state index in [2.05, 4.69) is 4.98 Å². The number of rotatable bonds is 3. The SMILES string of the molecule is NC(C(=O)N1c2ncccc2CC1C(=O)O)C1CCOCC1. The first-order valence-corrected chi connectivity index (χ1v) is 7.42. The van der Waals surface area contributed by atoms with Crippen LogP contribution in [0, 0.1) is 5.92 Å². The molecule has 0 bridgehead atoms. The highest BCUT2D eigenvalue weighted by Crippen LogP contribution is 2.31. The van der Waals surface area contributed by atoms with Crippen molar-refractivity contribution in [3.05, 3.63) is 23.9 Å². The number of aliphatic carboxylic acids is 1. The summed E-state index contributed by atoms with van der Waals surface area (Å²) in [6.07, 6.45) is 3.26. The van der Waals surface area contributed by atoms with Crippen LogP contribution in [-0.2, 0) is 20.7 Å². The van der Waals surface area contributed by atoms with Crippen molar-refractivity contribution in [3.8, 4) is 0 Å². The largest absolute Gasteiger partial charge is 0.480 e. The highest BCUT2D eigenvalue weighted by Gasteiger charge is 2.42. The number of pyridine rings is 1. The van der Waals surface area contributed by atoms with Crippen molar-refractivity contribution >= 4 is 17.7 Å². The number of aromatic nitrogens is 1. The van der Waals surface area contributed by atoms with Crippen LogP contribution in [0.15, 0.2) is 18.3 Å². The van der Waals surface area contributed by atoms with Gasteiger partial charge < -0.3 is 15.6 Å². The van der Waals surface area contributed by atoms with Crippen molar-refractivity contribution < 1.29 is 19.4 Å². The van der Waals surface area contributed by atoms with E-state index in [0.717, 1.165) is 5.56 Å². The molecule has 3 heterocycles. The molecule has 1 aromatic heterocycles. The van der Waals surface area contributed by atoms with Crippen LogP contribution < -0.4 is 10.6 Å². The first-order chi connectivity index (χ1) is 10.6. The summed E-state index contributed by atoms with van der Waals surface area (Å²) in [4.78, 5) is 29.7. The molecule has 1 fully saturated rings.